The number of carbonyl (C=O) groups excluding carboxylic acids is 3. The molecule has 3 aliphatic rings. The zero-order valence-corrected chi connectivity index (χ0v) is 20.8. The fourth-order valence-corrected chi connectivity index (χ4v) is 5.63. The summed E-state index contributed by atoms with van der Waals surface area (Å²) < 4.78 is 5.44. The van der Waals surface area contributed by atoms with Crippen LogP contribution in [0.25, 0.3) is 0 Å². The van der Waals surface area contributed by atoms with Crippen molar-refractivity contribution in [2.45, 2.75) is 45.2 Å². The first kappa shape index (κ1) is 24.5. The van der Waals surface area contributed by atoms with E-state index in [2.05, 4.69) is 23.7 Å². The van der Waals surface area contributed by atoms with E-state index in [4.69, 9.17) is 4.74 Å². The van der Waals surface area contributed by atoms with E-state index in [-0.39, 0.29) is 37.0 Å². The molecule has 8 nitrogen and oxygen atoms in total. The van der Waals surface area contributed by atoms with Crippen molar-refractivity contribution in [2.75, 3.05) is 39.3 Å². The van der Waals surface area contributed by atoms with E-state index in [0.717, 1.165) is 24.8 Å². The van der Waals surface area contributed by atoms with Gasteiger partial charge in [0.15, 0.2) is 0 Å². The fraction of sp³-hybridized carbons (Fsp3) is 0.560. The van der Waals surface area contributed by atoms with Crippen LogP contribution in [0.1, 0.15) is 44.7 Å². The molecule has 3 heterocycles. The molecule has 2 fully saturated rings. The Balaban J connectivity index is 1.62. The van der Waals surface area contributed by atoms with Gasteiger partial charge in [0.05, 0.1) is 18.2 Å². The highest BCUT2D eigenvalue weighted by molar-refractivity contribution is 7.08. The molecular formula is C25H34N4O4S. The van der Waals surface area contributed by atoms with E-state index in [1.54, 1.807) is 17.9 Å². The van der Waals surface area contributed by atoms with Crippen molar-refractivity contribution in [1.82, 2.24) is 20.0 Å². The summed E-state index contributed by atoms with van der Waals surface area (Å²) in [5, 5.41) is 6.86. The number of nitrogens with one attached hydrogen (secondary N) is 1. The molecule has 1 N–H and O–H groups in total. The number of urea groups is 1. The summed E-state index contributed by atoms with van der Waals surface area (Å²) in [5.74, 6) is 0.0332. The number of esters is 1. The third-order valence-corrected chi connectivity index (χ3v) is 7.65. The third kappa shape index (κ3) is 4.90. The monoisotopic (exact) mass is 486 g/mol. The highest BCUT2D eigenvalue weighted by Crippen LogP contribution is 2.34. The van der Waals surface area contributed by atoms with Gasteiger partial charge < -0.3 is 15.0 Å². The molecule has 0 spiro atoms. The summed E-state index contributed by atoms with van der Waals surface area (Å²) in [7, 11) is 0. The number of rotatable bonds is 8. The van der Waals surface area contributed by atoms with Crippen LogP contribution < -0.4 is 5.32 Å². The third-order valence-electron chi connectivity index (χ3n) is 6.94. The maximum absolute atomic E-state index is 13.2. The highest BCUT2D eigenvalue weighted by Gasteiger charge is 2.40. The predicted molar refractivity (Wildman–Crippen MR) is 131 cm³/mol. The van der Waals surface area contributed by atoms with Crippen molar-refractivity contribution < 1.29 is 19.1 Å². The zero-order valence-electron chi connectivity index (χ0n) is 20.0. The lowest BCUT2D eigenvalue weighted by Crippen LogP contribution is -2.57. The quantitative estimate of drug-likeness (QED) is 0.451. The van der Waals surface area contributed by atoms with E-state index >= 15 is 0 Å². The maximum atomic E-state index is 13.2. The highest BCUT2D eigenvalue weighted by atomic mass is 32.1. The van der Waals surface area contributed by atoms with Crippen molar-refractivity contribution in [3.8, 4) is 0 Å². The second kappa shape index (κ2) is 10.7. The van der Waals surface area contributed by atoms with Gasteiger partial charge >= 0.3 is 12.0 Å². The van der Waals surface area contributed by atoms with Crippen molar-refractivity contribution in [3.05, 3.63) is 46.3 Å². The maximum Gasteiger partial charge on any atom is 0.338 e. The minimum atomic E-state index is -0.562. The number of hydrogen-bond donors (Lipinski definition) is 1. The second-order valence-electron chi connectivity index (χ2n) is 9.16. The minimum Gasteiger partial charge on any atom is -0.463 e. The Hall–Kier alpha value is -2.65. The summed E-state index contributed by atoms with van der Waals surface area (Å²) in [6.45, 7) is 10.6. The molecule has 1 saturated carbocycles. The van der Waals surface area contributed by atoms with Gasteiger partial charge in [-0.15, -0.1) is 6.58 Å². The molecule has 0 aromatic carbocycles. The molecule has 3 amide bonds. The molecule has 1 aromatic rings. The number of hydrogen-bond acceptors (Lipinski definition) is 6. The van der Waals surface area contributed by atoms with Crippen LogP contribution in [0.3, 0.4) is 0 Å². The standard InChI is InChI=1S/C25H34N4O4S/c1-4-10-29-20(15-27-11-12-28(17(3)14-27)23(30)18-7-6-8-18)21(24(31)33-5-2)22(26-25(29)32)19-9-13-34-16-19/h4,9,13,16-18,22H,1,5-8,10-12,14-15H2,2-3H3,(H,26,32)/t17-,22+/m1/s1. The summed E-state index contributed by atoms with van der Waals surface area (Å²) in [6.07, 6.45) is 4.79. The van der Waals surface area contributed by atoms with Gasteiger partial charge in [-0.3, -0.25) is 14.6 Å². The molecule has 4 rings (SSSR count). The van der Waals surface area contributed by atoms with Crippen LogP contribution in [-0.4, -0.2) is 78.0 Å². The lowest BCUT2D eigenvalue weighted by Gasteiger charge is -2.44. The molecular weight excluding hydrogens is 452 g/mol. The summed E-state index contributed by atoms with van der Waals surface area (Å²) >= 11 is 1.52. The predicted octanol–water partition coefficient (Wildman–Crippen LogP) is 3.15. The molecule has 0 bridgehead atoms. The fourth-order valence-electron chi connectivity index (χ4n) is 4.94. The Bertz CT molecular complexity index is 956. The molecule has 184 valence electrons. The number of carbonyl (C=O) groups is 3. The molecule has 2 atom stereocenters. The molecule has 0 radical (unpaired) electrons. The van der Waals surface area contributed by atoms with Crippen molar-refractivity contribution in [1.29, 1.82) is 0 Å². The number of amides is 3. The van der Waals surface area contributed by atoms with Crippen molar-refractivity contribution in [2.24, 2.45) is 5.92 Å². The summed E-state index contributed by atoms with van der Waals surface area (Å²) in [4.78, 5) is 44.9. The van der Waals surface area contributed by atoms with Crippen molar-refractivity contribution in [3.63, 3.8) is 0 Å². The molecule has 34 heavy (non-hydrogen) atoms. The molecule has 9 heteroatoms. The van der Waals surface area contributed by atoms with Crippen LogP contribution in [-0.2, 0) is 14.3 Å². The minimum absolute atomic E-state index is 0.0754. The van der Waals surface area contributed by atoms with Crippen LogP contribution in [0.2, 0.25) is 0 Å². The average molecular weight is 487 g/mol. The Kier molecular flexibility index (Phi) is 7.73. The van der Waals surface area contributed by atoms with Crippen LogP contribution >= 0.6 is 11.3 Å². The van der Waals surface area contributed by atoms with E-state index < -0.39 is 12.0 Å². The number of nitrogens with zero attached hydrogens (tertiary/aromatic N) is 3. The van der Waals surface area contributed by atoms with E-state index in [9.17, 15) is 14.4 Å². The molecule has 2 aliphatic heterocycles. The second-order valence-corrected chi connectivity index (χ2v) is 9.94. The Morgan fingerprint density at radius 1 is 1.32 bits per heavy atom. The van der Waals surface area contributed by atoms with Gasteiger partial charge in [-0.25, -0.2) is 9.59 Å². The van der Waals surface area contributed by atoms with Gasteiger partial charge in [-0.1, -0.05) is 12.5 Å². The lowest BCUT2D eigenvalue weighted by atomic mass is 9.84. The first-order chi connectivity index (χ1) is 16.4. The topological polar surface area (TPSA) is 82.2 Å². The van der Waals surface area contributed by atoms with Gasteiger partial charge in [-0.05, 0) is 49.1 Å². The summed E-state index contributed by atoms with van der Waals surface area (Å²) in [6, 6.07) is 1.17. The normalized spacial score (nSPS) is 24.0. The zero-order chi connectivity index (χ0) is 24.2. The van der Waals surface area contributed by atoms with Crippen LogP contribution in [0.5, 0.6) is 0 Å². The lowest BCUT2D eigenvalue weighted by molar-refractivity contribution is -0.142. The molecule has 0 unspecified atom stereocenters. The van der Waals surface area contributed by atoms with Crippen LogP contribution in [0.4, 0.5) is 4.79 Å². The Morgan fingerprint density at radius 3 is 2.71 bits per heavy atom. The van der Waals surface area contributed by atoms with Gasteiger partial charge in [0.2, 0.25) is 5.91 Å². The van der Waals surface area contributed by atoms with Gasteiger partial charge in [-0.2, -0.15) is 11.3 Å². The van der Waals surface area contributed by atoms with Crippen LogP contribution in [0, 0.1) is 5.92 Å². The summed E-state index contributed by atoms with van der Waals surface area (Å²) in [5.41, 5.74) is 1.97. The van der Waals surface area contributed by atoms with E-state index in [0.29, 0.717) is 37.4 Å². The smallest absolute Gasteiger partial charge is 0.338 e. The van der Waals surface area contributed by atoms with Crippen LogP contribution in [0.15, 0.2) is 40.8 Å². The Morgan fingerprint density at radius 2 is 2.12 bits per heavy atom. The molecule has 1 aliphatic carbocycles. The van der Waals surface area contributed by atoms with Crippen molar-refractivity contribution >= 4 is 29.2 Å². The van der Waals surface area contributed by atoms with Gasteiger partial charge in [0, 0.05) is 50.4 Å². The van der Waals surface area contributed by atoms with Gasteiger partial charge in [0.25, 0.3) is 0 Å². The first-order valence-electron chi connectivity index (χ1n) is 12.1. The average Bonchev–Trinajstić information content (AvgIpc) is 3.29. The van der Waals surface area contributed by atoms with Gasteiger partial charge in [0.1, 0.15) is 0 Å². The number of thiophene rings is 1. The number of ether oxygens (including phenoxy) is 1. The molecule has 1 saturated heterocycles. The van der Waals surface area contributed by atoms with E-state index in [1.807, 2.05) is 21.7 Å². The van der Waals surface area contributed by atoms with E-state index in [1.165, 1.54) is 11.3 Å². The molecule has 1 aromatic heterocycles. The largest absolute Gasteiger partial charge is 0.463 e. The Labute approximate surface area is 205 Å². The number of piperazine rings is 1. The SMILES string of the molecule is C=CCN1C(=O)N[C@@H](c2ccsc2)C(C(=O)OCC)=C1CN1CCN(C(=O)C2CCC2)[C@H](C)C1. The first-order valence-corrected chi connectivity index (χ1v) is 13.0.